The molecule has 0 spiro atoms. The van der Waals surface area contributed by atoms with Crippen molar-refractivity contribution in [3.63, 3.8) is 0 Å². The largest absolute Gasteiger partial charge is 0.350 e. The molecule has 0 fully saturated rings. The Balaban J connectivity index is 4.81. The highest BCUT2D eigenvalue weighted by atomic mass is 16.5. The quantitative estimate of drug-likeness (QED) is 0.245. The first kappa shape index (κ1) is 13.4. The molecular formula is C11H19N2O2+. The number of allylic oxidation sites excluding steroid dienone is 2. The minimum atomic E-state index is -0.524. The Labute approximate surface area is 90.6 Å². The molecule has 0 aliphatic heterocycles. The van der Waals surface area contributed by atoms with Crippen LogP contribution in [0.4, 0.5) is 0 Å². The Morgan fingerprint density at radius 3 is 2.20 bits per heavy atom. The van der Waals surface area contributed by atoms with E-state index in [-0.39, 0.29) is 11.7 Å². The number of carbonyl (C=O) groups is 1. The van der Waals surface area contributed by atoms with E-state index in [0.717, 1.165) is 0 Å². The second-order valence-electron chi connectivity index (χ2n) is 4.48. The fraction of sp³-hybridized carbons (Fsp3) is 0.455. The number of amides is 1. The first-order valence-corrected chi connectivity index (χ1v) is 4.62. The summed E-state index contributed by atoms with van der Waals surface area (Å²) in [6.07, 6.45) is 1.54. The Hall–Kier alpha value is -1.58. The molecular weight excluding hydrogens is 192 g/mol. The lowest BCUT2D eigenvalue weighted by Crippen LogP contribution is -2.36. The van der Waals surface area contributed by atoms with Crippen molar-refractivity contribution >= 4 is 12.6 Å². The highest BCUT2D eigenvalue weighted by molar-refractivity contribution is 5.82. The summed E-state index contributed by atoms with van der Waals surface area (Å²) in [6, 6.07) is 0. The van der Waals surface area contributed by atoms with E-state index < -0.39 is 5.41 Å². The summed E-state index contributed by atoms with van der Waals surface area (Å²) in [7, 11) is 0. The van der Waals surface area contributed by atoms with Crippen molar-refractivity contribution in [3.05, 3.63) is 24.0 Å². The smallest absolute Gasteiger partial charge is 0.320 e. The summed E-state index contributed by atoms with van der Waals surface area (Å²) in [5, 5.41) is 11.7. The molecule has 0 heterocycles. The molecule has 0 unspecified atom stereocenters. The molecule has 0 aromatic rings. The molecule has 0 atom stereocenters. The van der Waals surface area contributed by atoms with Gasteiger partial charge in [0.2, 0.25) is 0 Å². The fourth-order valence-corrected chi connectivity index (χ4v) is 0.712. The molecule has 0 aliphatic carbocycles. The molecule has 0 aromatic carbocycles. The number of hydroxylamine groups is 1. The van der Waals surface area contributed by atoms with Crippen LogP contribution in [0.5, 0.6) is 0 Å². The molecule has 4 heteroatoms. The molecule has 4 nitrogen and oxygen atoms in total. The summed E-state index contributed by atoms with van der Waals surface area (Å²) in [5.74, 6) is 0.0140. The summed E-state index contributed by atoms with van der Waals surface area (Å²) >= 11 is 0. The summed E-state index contributed by atoms with van der Waals surface area (Å²) in [6.45, 7) is 14.1. The number of rotatable bonds is 3. The van der Waals surface area contributed by atoms with Gasteiger partial charge in [-0.2, -0.15) is 0 Å². The molecule has 0 saturated heterocycles. The summed E-state index contributed by atoms with van der Waals surface area (Å²) < 4.78 is 0.609. The van der Waals surface area contributed by atoms with Gasteiger partial charge in [0.25, 0.3) is 0 Å². The van der Waals surface area contributed by atoms with E-state index in [1.54, 1.807) is 27.7 Å². The predicted molar refractivity (Wildman–Crippen MR) is 59.7 cm³/mol. The number of nitrogens with one attached hydrogen (secondary N) is 1. The van der Waals surface area contributed by atoms with E-state index in [4.69, 9.17) is 0 Å². The van der Waals surface area contributed by atoms with Crippen molar-refractivity contribution in [1.82, 2.24) is 5.32 Å². The molecule has 0 aliphatic rings. The van der Waals surface area contributed by atoms with Crippen LogP contribution in [0, 0.1) is 5.41 Å². The average Bonchev–Trinajstić information content (AvgIpc) is 1.99. The zero-order valence-corrected chi connectivity index (χ0v) is 9.79. The van der Waals surface area contributed by atoms with Gasteiger partial charge >= 0.3 is 11.7 Å². The number of carbonyl (C=O) groups excluding carboxylic acids is 1. The van der Waals surface area contributed by atoms with Crippen molar-refractivity contribution in [1.29, 1.82) is 0 Å². The van der Waals surface area contributed by atoms with E-state index >= 15 is 0 Å². The third kappa shape index (κ3) is 5.00. The molecule has 0 saturated carbocycles. The predicted octanol–water partition coefficient (Wildman–Crippen LogP) is 1.67. The van der Waals surface area contributed by atoms with Crippen LogP contribution >= 0.6 is 0 Å². The molecule has 15 heavy (non-hydrogen) atoms. The topological polar surface area (TPSA) is 52.3 Å². The van der Waals surface area contributed by atoms with Gasteiger partial charge in [-0.25, -0.2) is 10.1 Å². The van der Waals surface area contributed by atoms with Crippen molar-refractivity contribution in [3.8, 4) is 0 Å². The van der Waals surface area contributed by atoms with Gasteiger partial charge in [-0.15, -0.1) is 0 Å². The SMILES string of the molecule is C=C(C)/C=C(/NC(=O)C(C)(C)C)[N+](=C)O. The van der Waals surface area contributed by atoms with Gasteiger partial charge in [-0.1, -0.05) is 16.9 Å². The van der Waals surface area contributed by atoms with Crippen LogP contribution < -0.4 is 5.32 Å². The third-order valence-electron chi connectivity index (χ3n) is 1.58. The maximum absolute atomic E-state index is 11.6. The number of hydrogen-bond donors (Lipinski definition) is 2. The van der Waals surface area contributed by atoms with Gasteiger partial charge in [0.15, 0.2) is 0 Å². The molecule has 0 bridgehead atoms. The maximum Gasteiger partial charge on any atom is 0.320 e. The lowest BCUT2D eigenvalue weighted by atomic mass is 9.96. The van der Waals surface area contributed by atoms with Gasteiger partial charge in [0.1, 0.15) is 6.72 Å². The number of nitrogens with zero attached hydrogens (tertiary/aromatic N) is 1. The van der Waals surface area contributed by atoms with Crippen molar-refractivity contribution < 1.29 is 14.7 Å². The number of hydrogen-bond acceptors (Lipinski definition) is 2. The Bertz CT molecular complexity index is 322. The van der Waals surface area contributed by atoms with Crippen molar-refractivity contribution in [2.75, 3.05) is 0 Å². The van der Waals surface area contributed by atoms with Crippen LogP contribution in [-0.4, -0.2) is 22.6 Å². The normalized spacial score (nSPS) is 12.1. The molecule has 2 N–H and O–H groups in total. The second kappa shape index (κ2) is 4.77. The third-order valence-corrected chi connectivity index (χ3v) is 1.58. The van der Waals surface area contributed by atoms with Crippen LogP contribution in [0.3, 0.4) is 0 Å². The summed E-state index contributed by atoms with van der Waals surface area (Å²) in [4.78, 5) is 11.6. The van der Waals surface area contributed by atoms with Crippen LogP contribution in [0.2, 0.25) is 0 Å². The first-order valence-electron chi connectivity index (χ1n) is 4.62. The van der Waals surface area contributed by atoms with E-state index in [0.29, 0.717) is 10.3 Å². The van der Waals surface area contributed by atoms with Crippen molar-refractivity contribution in [2.45, 2.75) is 27.7 Å². The second-order valence-corrected chi connectivity index (χ2v) is 4.48. The summed E-state index contributed by atoms with van der Waals surface area (Å²) in [5.41, 5.74) is 0.186. The highest BCUT2D eigenvalue weighted by Gasteiger charge is 2.27. The lowest BCUT2D eigenvalue weighted by molar-refractivity contribution is -0.734. The Kier molecular flexibility index (Phi) is 4.27. The van der Waals surface area contributed by atoms with E-state index in [1.165, 1.54) is 6.08 Å². The van der Waals surface area contributed by atoms with E-state index in [1.807, 2.05) is 0 Å². The van der Waals surface area contributed by atoms with E-state index in [9.17, 15) is 10.0 Å². The minimum absolute atomic E-state index is 0.197. The van der Waals surface area contributed by atoms with Crippen LogP contribution in [-0.2, 0) is 4.79 Å². The molecule has 1 amide bonds. The van der Waals surface area contributed by atoms with Gasteiger partial charge in [0, 0.05) is 6.08 Å². The average molecular weight is 211 g/mol. The zero-order valence-electron chi connectivity index (χ0n) is 9.79. The van der Waals surface area contributed by atoms with E-state index in [2.05, 4.69) is 18.6 Å². The lowest BCUT2D eigenvalue weighted by Gasteiger charge is -2.13. The standard InChI is InChI=1S/C11H18N2O2/c1-8(2)7-9(13(6)15)12-10(14)11(3,4)5/h7H,1,6H2,2-5H3,(H-,12,14,15)/p+1/b9-7-. The van der Waals surface area contributed by atoms with Crippen molar-refractivity contribution in [2.24, 2.45) is 5.41 Å². The molecule has 0 aromatic heterocycles. The van der Waals surface area contributed by atoms with Crippen LogP contribution in [0.15, 0.2) is 24.0 Å². The minimum Gasteiger partial charge on any atom is -0.350 e. The molecule has 0 radical (unpaired) electrons. The van der Waals surface area contributed by atoms with Crippen LogP contribution in [0.1, 0.15) is 27.7 Å². The Morgan fingerprint density at radius 2 is 1.93 bits per heavy atom. The molecule has 84 valence electrons. The van der Waals surface area contributed by atoms with Gasteiger partial charge in [-0.05, 0) is 27.7 Å². The van der Waals surface area contributed by atoms with Crippen LogP contribution in [0.25, 0.3) is 0 Å². The molecule has 0 rings (SSSR count). The highest BCUT2D eigenvalue weighted by Crippen LogP contribution is 2.13. The maximum atomic E-state index is 11.6. The zero-order chi connectivity index (χ0) is 12.2. The first-order chi connectivity index (χ1) is 6.64. The van der Waals surface area contributed by atoms with Gasteiger partial charge in [0.05, 0.1) is 5.41 Å². The van der Waals surface area contributed by atoms with Gasteiger partial charge in [-0.3, -0.25) is 0 Å². The fourth-order valence-electron chi connectivity index (χ4n) is 0.712. The van der Waals surface area contributed by atoms with Gasteiger partial charge < -0.3 is 5.21 Å². The monoisotopic (exact) mass is 211 g/mol. The Morgan fingerprint density at radius 1 is 1.47 bits per heavy atom.